The van der Waals surface area contributed by atoms with Crippen LogP contribution >= 0.6 is 0 Å². The Morgan fingerprint density at radius 2 is 1.12 bits per heavy atom. The van der Waals surface area contributed by atoms with E-state index in [2.05, 4.69) is 57.8 Å². The van der Waals surface area contributed by atoms with Crippen LogP contribution in [-0.2, 0) is 65.6 Å². The molecule has 1 aromatic carbocycles. The average molecular weight is 1090 g/mol. The first-order valence-corrected chi connectivity index (χ1v) is 25.5. The highest BCUT2D eigenvalue weighted by atomic mass is 16.4. The number of aromatic nitrogens is 2. The molecule has 428 valence electrons. The fraction of sp³-hybridized carbons (Fsp3) is 0.600. The van der Waals surface area contributed by atoms with Crippen LogP contribution in [0.5, 0.6) is 5.75 Å². The molecule has 77 heavy (non-hydrogen) atoms. The van der Waals surface area contributed by atoms with Crippen LogP contribution < -0.4 is 59.3 Å². The number of benzene rings is 1. The largest absolute Gasteiger partial charge is 0.508 e. The maximum atomic E-state index is 14.2. The molecule has 1 heterocycles. The molecule has 2 aromatic rings. The van der Waals surface area contributed by atoms with Crippen LogP contribution in [-0.4, -0.2) is 158 Å². The molecule has 17 N–H and O–H groups in total. The molecular formula is C50H79N13O14. The Kier molecular flexibility index (Phi) is 28.4. The van der Waals surface area contributed by atoms with Crippen LogP contribution in [0.15, 0.2) is 36.8 Å². The van der Waals surface area contributed by atoms with Crippen molar-refractivity contribution in [3.63, 3.8) is 0 Å². The summed E-state index contributed by atoms with van der Waals surface area (Å²) in [4.78, 5) is 151. The zero-order valence-corrected chi connectivity index (χ0v) is 44.7. The minimum absolute atomic E-state index is 0.0759. The van der Waals surface area contributed by atoms with Gasteiger partial charge in [0.2, 0.25) is 53.2 Å². The first-order chi connectivity index (χ1) is 36.2. The van der Waals surface area contributed by atoms with Gasteiger partial charge in [0.25, 0.3) is 0 Å². The molecule has 0 aliphatic carbocycles. The molecule has 0 aliphatic heterocycles. The summed E-state index contributed by atoms with van der Waals surface area (Å²) in [5.74, 6) is -10.9. The van der Waals surface area contributed by atoms with Crippen LogP contribution in [0.4, 0.5) is 0 Å². The summed E-state index contributed by atoms with van der Waals surface area (Å²) in [5, 5.41) is 51.4. The number of hydrogen-bond acceptors (Lipinski definition) is 15. The average Bonchev–Trinajstić information content (AvgIpc) is 3.87. The first kappa shape index (κ1) is 65.4. The standard InChI is InChI=1S/C50H79N13O14/c1-26(2)18-33(52)44(70)57-29(7)43(69)60-34(10-8-9-17-51)45(71)54-23-39(65)58-36(20-30-11-13-32(64)14-12-30)48(74)61-35(15-16-41(67)68)47(73)63-42(28(5)6)49(75)62-37(21-31-22-53-25-56-31)46(72)55-24-40(66)59-38(50(76)77)19-27(3)4/h11-14,22,25-29,33-38,42,64H,8-10,15-21,23-24,51-52H2,1-7H3,(H,53,56)(H,54,71)(H,55,72)(H,57,70)(H,58,65)(H,59,66)(H,60,69)(H,61,74)(H,62,75)(H,63,73)(H,67,68)(H,76,77)/t29-,33-,34-,35-,36-,37-,38-,42-/m0/s1. The van der Waals surface area contributed by atoms with E-state index in [4.69, 9.17) is 11.5 Å². The summed E-state index contributed by atoms with van der Waals surface area (Å²) in [6.07, 6.45) is 2.61. The monoisotopic (exact) mass is 1090 g/mol. The van der Waals surface area contributed by atoms with E-state index in [0.717, 1.165) is 0 Å². The molecule has 0 radical (unpaired) electrons. The smallest absolute Gasteiger partial charge is 0.326 e. The molecule has 0 spiro atoms. The number of nitrogens with two attached hydrogens (primary N) is 2. The Bertz CT molecular complexity index is 2300. The molecule has 0 bridgehead atoms. The molecule has 0 saturated carbocycles. The van der Waals surface area contributed by atoms with Crippen LogP contribution in [0.1, 0.15) is 105 Å². The van der Waals surface area contributed by atoms with Gasteiger partial charge in [-0.3, -0.25) is 47.9 Å². The van der Waals surface area contributed by atoms with Crippen LogP contribution in [0.25, 0.3) is 0 Å². The molecular weight excluding hydrogens is 1010 g/mol. The summed E-state index contributed by atoms with van der Waals surface area (Å²) in [6.45, 7) is 10.8. The molecule has 0 fully saturated rings. The Labute approximate surface area is 447 Å². The van der Waals surface area contributed by atoms with Gasteiger partial charge in [0, 0.05) is 31.2 Å². The van der Waals surface area contributed by atoms with Gasteiger partial charge in [-0.2, -0.15) is 0 Å². The van der Waals surface area contributed by atoms with Gasteiger partial charge in [0.1, 0.15) is 48.0 Å². The third-order valence-corrected chi connectivity index (χ3v) is 11.7. The maximum Gasteiger partial charge on any atom is 0.326 e. The maximum absolute atomic E-state index is 14.2. The number of phenols is 1. The number of hydrogen-bond donors (Lipinski definition) is 15. The second kappa shape index (κ2) is 33.4. The number of rotatable bonds is 35. The quantitative estimate of drug-likeness (QED) is 0.0323. The summed E-state index contributed by atoms with van der Waals surface area (Å²) >= 11 is 0. The Morgan fingerprint density at radius 1 is 0.584 bits per heavy atom. The van der Waals surface area contributed by atoms with E-state index in [1.165, 1.54) is 43.7 Å². The van der Waals surface area contributed by atoms with Crippen LogP contribution in [0, 0.1) is 17.8 Å². The fourth-order valence-electron chi connectivity index (χ4n) is 7.59. The number of unbranched alkanes of at least 4 members (excludes halogenated alkanes) is 1. The van der Waals surface area contributed by atoms with E-state index in [0.29, 0.717) is 37.1 Å². The predicted molar refractivity (Wildman–Crippen MR) is 278 cm³/mol. The van der Waals surface area contributed by atoms with Crippen LogP contribution in [0.2, 0.25) is 0 Å². The third kappa shape index (κ3) is 25.1. The molecule has 8 atom stereocenters. The third-order valence-electron chi connectivity index (χ3n) is 11.7. The van der Waals surface area contributed by atoms with Crippen molar-refractivity contribution in [2.45, 2.75) is 155 Å². The molecule has 27 nitrogen and oxygen atoms in total. The highest BCUT2D eigenvalue weighted by molar-refractivity contribution is 5.98. The zero-order chi connectivity index (χ0) is 57.9. The van der Waals surface area contributed by atoms with Gasteiger partial charge in [0.15, 0.2) is 0 Å². The number of H-pyrrole nitrogens is 1. The normalized spacial score (nSPS) is 14.3. The number of aromatic hydroxyl groups is 1. The van der Waals surface area contributed by atoms with Crippen molar-refractivity contribution >= 4 is 65.1 Å². The van der Waals surface area contributed by atoms with E-state index < -0.39 is 145 Å². The number of amides is 9. The van der Waals surface area contributed by atoms with Gasteiger partial charge in [-0.05, 0) is 87.4 Å². The second-order valence-corrected chi connectivity index (χ2v) is 19.9. The van der Waals surface area contributed by atoms with Crippen LogP contribution in [0.3, 0.4) is 0 Å². The minimum Gasteiger partial charge on any atom is -0.508 e. The lowest BCUT2D eigenvalue weighted by molar-refractivity contribution is -0.142. The number of aromatic amines is 1. The summed E-state index contributed by atoms with van der Waals surface area (Å²) in [7, 11) is 0. The second-order valence-electron chi connectivity index (χ2n) is 19.9. The highest BCUT2D eigenvalue weighted by Crippen LogP contribution is 2.14. The first-order valence-electron chi connectivity index (χ1n) is 25.5. The molecule has 9 amide bonds. The van der Waals surface area contributed by atoms with Crippen molar-refractivity contribution in [2.24, 2.45) is 29.2 Å². The lowest BCUT2D eigenvalue weighted by Crippen LogP contribution is -2.60. The minimum atomic E-state index is -1.64. The van der Waals surface area contributed by atoms with Gasteiger partial charge in [-0.1, -0.05) is 53.7 Å². The summed E-state index contributed by atoms with van der Waals surface area (Å²) in [5.41, 5.74) is 12.4. The van der Waals surface area contributed by atoms with Gasteiger partial charge in [0.05, 0.1) is 25.5 Å². The number of nitrogens with one attached hydrogen (secondary N) is 10. The lowest BCUT2D eigenvalue weighted by atomic mass is 10.0. The van der Waals surface area contributed by atoms with Crippen molar-refractivity contribution in [1.82, 2.24) is 57.8 Å². The van der Waals surface area contributed by atoms with Gasteiger partial charge in [-0.15, -0.1) is 0 Å². The van der Waals surface area contributed by atoms with E-state index in [9.17, 15) is 68.1 Å². The highest BCUT2D eigenvalue weighted by Gasteiger charge is 2.34. The molecule has 0 aliphatic rings. The van der Waals surface area contributed by atoms with E-state index in [-0.39, 0.29) is 43.3 Å². The molecule has 1 aromatic heterocycles. The van der Waals surface area contributed by atoms with Crippen molar-refractivity contribution in [3.8, 4) is 5.75 Å². The zero-order valence-electron chi connectivity index (χ0n) is 44.7. The number of carboxylic acid groups (broad SMARTS) is 2. The van der Waals surface area contributed by atoms with Gasteiger partial charge >= 0.3 is 11.9 Å². The van der Waals surface area contributed by atoms with Crippen molar-refractivity contribution in [3.05, 3.63) is 48.0 Å². The lowest BCUT2D eigenvalue weighted by Gasteiger charge is -2.28. The van der Waals surface area contributed by atoms with Crippen molar-refractivity contribution in [2.75, 3.05) is 19.6 Å². The molecule has 27 heteroatoms. The Morgan fingerprint density at radius 3 is 1.65 bits per heavy atom. The fourth-order valence-corrected chi connectivity index (χ4v) is 7.59. The predicted octanol–water partition coefficient (Wildman–Crippen LogP) is -2.30. The molecule has 2 rings (SSSR count). The van der Waals surface area contributed by atoms with Crippen molar-refractivity contribution in [1.29, 1.82) is 0 Å². The van der Waals surface area contributed by atoms with Gasteiger partial charge < -0.3 is 79.6 Å². The number of aliphatic carboxylic acids is 2. The molecule has 0 saturated heterocycles. The number of phenolic OH excluding ortho intramolecular Hbond substituents is 1. The summed E-state index contributed by atoms with van der Waals surface area (Å²) < 4.78 is 0. The van der Waals surface area contributed by atoms with Gasteiger partial charge in [-0.25, -0.2) is 9.78 Å². The number of imidazole rings is 1. The Hall–Kier alpha value is -7.68. The topological polar surface area (TPSA) is 437 Å². The number of carbonyl (C=O) groups excluding carboxylic acids is 9. The van der Waals surface area contributed by atoms with E-state index >= 15 is 0 Å². The van der Waals surface area contributed by atoms with Crippen molar-refractivity contribution < 1.29 is 68.1 Å². The Balaban J connectivity index is 2.32. The van der Waals surface area contributed by atoms with E-state index in [1.54, 1.807) is 27.7 Å². The number of carbonyl (C=O) groups is 11. The summed E-state index contributed by atoms with van der Waals surface area (Å²) in [6, 6.07) is -4.76. The number of carboxylic acids is 2. The SMILES string of the molecule is CC(C)C[C@H](NC(=O)CNC(=O)[C@H](Cc1cnc[nH]1)NC(=O)[C@@H](NC(=O)[C@H](CCC(=O)O)NC(=O)[C@H](Cc1ccc(O)cc1)NC(=O)CNC(=O)[C@H](CCCCN)NC(=O)[C@H](C)NC(=O)[C@@H](N)CC(C)C)C(C)C)C(=O)O. The molecule has 0 unspecified atom stereocenters. The van der Waals surface area contributed by atoms with E-state index in [1.807, 2.05) is 13.8 Å². The number of nitrogens with zero attached hydrogens (tertiary/aromatic N) is 1.